The van der Waals surface area contributed by atoms with Crippen LogP contribution in [0.4, 0.5) is 0 Å². The summed E-state index contributed by atoms with van der Waals surface area (Å²) in [5, 5.41) is 7.54. The highest BCUT2D eigenvalue weighted by Gasteiger charge is 2.18. The Morgan fingerprint density at radius 2 is 1.73 bits per heavy atom. The third-order valence-electron chi connectivity index (χ3n) is 0.524. The lowest BCUT2D eigenvalue weighted by Gasteiger charge is -2.26. The molecule has 0 saturated heterocycles. The minimum atomic E-state index is -5.21. The second-order valence-electron chi connectivity index (χ2n) is 1.24. The van der Waals surface area contributed by atoms with Crippen LogP contribution in [0.25, 0.3) is 0 Å². The third-order valence-corrected chi connectivity index (χ3v) is 2.77. The Balaban J connectivity index is 4.26. The average Bonchev–Trinajstić information content (AvgIpc) is 1.86. The molecule has 0 fully saturated rings. The van der Waals surface area contributed by atoms with Crippen LogP contribution in [-0.2, 0) is 22.6 Å². The van der Waals surface area contributed by atoms with E-state index in [1.165, 1.54) is 0 Å². The van der Waals surface area contributed by atoms with E-state index in [-0.39, 0.29) is 0 Å². The van der Waals surface area contributed by atoms with Crippen LogP contribution in [0.2, 0.25) is 0 Å². The van der Waals surface area contributed by atoms with Crippen molar-refractivity contribution in [2.24, 2.45) is 0 Å². The molecule has 8 nitrogen and oxygen atoms in total. The molecule has 0 aromatic rings. The second kappa shape index (κ2) is 3.75. The normalized spacial score (nSPS) is 22.2. The van der Waals surface area contributed by atoms with E-state index in [0.29, 0.717) is 7.11 Å². The first-order valence-corrected chi connectivity index (χ1v) is 4.97. The molecule has 0 rings (SSSR count). The van der Waals surface area contributed by atoms with Gasteiger partial charge in [-0.15, -0.1) is 0 Å². The fourth-order valence-corrected chi connectivity index (χ4v) is 1.54. The Kier molecular flexibility index (Phi) is 3.83. The quantitative estimate of drug-likeness (QED) is 0.355. The molecule has 0 bridgehead atoms. The molecular weight excluding hydrogens is 202 g/mol. The van der Waals surface area contributed by atoms with Crippen molar-refractivity contribution >= 4 is 15.6 Å². The first kappa shape index (κ1) is 11.2. The Morgan fingerprint density at radius 1 is 1.27 bits per heavy atom. The van der Waals surface area contributed by atoms with Crippen molar-refractivity contribution in [2.45, 2.75) is 0 Å². The molecule has 0 aliphatic heterocycles. The third kappa shape index (κ3) is 4.62. The summed E-state index contributed by atoms with van der Waals surface area (Å²) in [7, 11) is -9.44. The molecule has 1 N–H and O–H groups in total. The van der Waals surface area contributed by atoms with Crippen molar-refractivity contribution in [1.82, 2.24) is 0 Å². The summed E-state index contributed by atoms with van der Waals surface area (Å²) in [6.45, 7) is 0. The minimum Gasteiger partial charge on any atom is -0.756 e. The SMILES string of the molecule is COP(=O)([O-])OP(=O)([O-])OO. The van der Waals surface area contributed by atoms with Crippen molar-refractivity contribution in [2.75, 3.05) is 7.11 Å². The van der Waals surface area contributed by atoms with E-state index in [0.717, 1.165) is 0 Å². The van der Waals surface area contributed by atoms with Crippen LogP contribution in [0.1, 0.15) is 0 Å². The van der Waals surface area contributed by atoms with Gasteiger partial charge >= 0.3 is 7.82 Å². The van der Waals surface area contributed by atoms with Crippen LogP contribution in [0.15, 0.2) is 0 Å². The molecule has 2 atom stereocenters. The lowest BCUT2D eigenvalue weighted by Crippen LogP contribution is -2.11. The molecule has 0 amide bonds. The Morgan fingerprint density at radius 3 is 2.00 bits per heavy atom. The first-order valence-electron chi connectivity index (χ1n) is 2.05. The second-order valence-corrected chi connectivity index (χ2v) is 4.21. The van der Waals surface area contributed by atoms with Crippen LogP contribution in [0.3, 0.4) is 0 Å². The highest BCUT2D eigenvalue weighted by Crippen LogP contribution is 2.54. The van der Waals surface area contributed by atoms with Crippen molar-refractivity contribution in [1.29, 1.82) is 0 Å². The molecule has 0 aliphatic carbocycles. The Bertz CT molecular complexity index is 186. The molecule has 0 saturated carbocycles. The maximum absolute atomic E-state index is 10.2. The zero-order valence-corrected chi connectivity index (χ0v) is 6.99. The van der Waals surface area contributed by atoms with Gasteiger partial charge in [-0.25, -0.2) is 9.57 Å². The van der Waals surface area contributed by atoms with E-state index in [2.05, 4.69) is 13.5 Å². The van der Waals surface area contributed by atoms with Crippen molar-refractivity contribution in [3.63, 3.8) is 0 Å². The van der Waals surface area contributed by atoms with Gasteiger partial charge in [-0.05, 0) is 0 Å². The smallest absolute Gasteiger partial charge is 0.304 e. The topological polar surface area (TPSA) is 128 Å². The van der Waals surface area contributed by atoms with Gasteiger partial charge < -0.3 is 14.3 Å². The fraction of sp³-hybridized carbons (Fsp3) is 1.00. The summed E-state index contributed by atoms with van der Waals surface area (Å²) in [6.07, 6.45) is 0. The van der Waals surface area contributed by atoms with Gasteiger partial charge in [0.15, 0.2) is 0 Å². The standard InChI is InChI=1S/CH6O8P2/c1-7-10(3,4)9-11(5,6)8-2/h2H,1H3,(H,3,4)(H,5,6)/p-2. The lowest BCUT2D eigenvalue weighted by molar-refractivity contribution is -0.285. The molecule has 2 unspecified atom stereocenters. The van der Waals surface area contributed by atoms with E-state index >= 15 is 0 Å². The Hall–Kier alpha value is 0.220. The molecule has 0 aromatic heterocycles. The number of hydrogen-bond donors (Lipinski definition) is 1. The van der Waals surface area contributed by atoms with Crippen LogP contribution in [-0.4, -0.2) is 12.4 Å². The average molecular weight is 206 g/mol. The minimum absolute atomic E-state index is 0.686. The van der Waals surface area contributed by atoms with Crippen molar-refractivity contribution in [3.8, 4) is 0 Å². The van der Waals surface area contributed by atoms with Gasteiger partial charge in [0, 0.05) is 7.11 Å². The first-order chi connectivity index (χ1) is 4.83. The van der Waals surface area contributed by atoms with E-state index < -0.39 is 15.6 Å². The fourth-order valence-electron chi connectivity index (χ4n) is 0.171. The molecule has 0 aliphatic rings. The van der Waals surface area contributed by atoms with Crippen molar-refractivity contribution < 1.29 is 37.7 Å². The number of hydrogen-bond acceptors (Lipinski definition) is 8. The molecule has 0 heterocycles. The molecule has 11 heavy (non-hydrogen) atoms. The van der Waals surface area contributed by atoms with Crippen LogP contribution < -0.4 is 9.79 Å². The van der Waals surface area contributed by atoms with Gasteiger partial charge in [-0.3, -0.25) is 9.13 Å². The summed E-state index contributed by atoms with van der Waals surface area (Å²) in [4.78, 5) is 20.2. The highest BCUT2D eigenvalue weighted by atomic mass is 31.3. The van der Waals surface area contributed by atoms with Crippen LogP contribution in [0, 0.1) is 0 Å². The lowest BCUT2D eigenvalue weighted by atomic mass is 11.8. The molecule has 0 aromatic carbocycles. The summed E-state index contributed by atoms with van der Waals surface area (Å²) >= 11 is 0. The predicted molar refractivity (Wildman–Crippen MR) is 27.0 cm³/mol. The Labute approximate surface area is 61.5 Å². The largest absolute Gasteiger partial charge is 0.756 e. The summed E-state index contributed by atoms with van der Waals surface area (Å²) in [5.74, 6) is 0. The van der Waals surface area contributed by atoms with Gasteiger partial charge in [-0.1, -0.05) is 0 Å². The summed E-state index contributed by atoms with van der Waals surface area (Å²) < 4.78 is 29.8. The van der Waals surface area contributed by atoms with Gasteiger partial charge in [0.1, 0.15) is 0 Å². The van der Waals surface area contributed by atoms with Crippen LogP contribution >= 0.6 is 15.6 Å². The van der Waals surface area contributed by atoms with Crippen LogP contribution in [0.5, 0.6) is 0 Å². The number of phosphoric acid groups is 2. The molecule has 68 valence electrons. The zero-order valence-electron chi connectivity index (χ0n) is 5.20. The number of rotatable bonds is 4. The predicted octanol–water partition coefficient (Wildman–Crippen LogP) is -0.924. The van der Waals surface area contributed by atoms with E-state index in [1.807, 2.05) is 0 Å². The maximum atomic E-state index is 10.2. The molecule has 10 heteroatoms. The van der Waals surface area contributed by atoms with Crippen molar-refractivity contribution in [3.05, 3.63) is 0 Å². The van der Waals surface area contributed by atoms with E-state index in [9.17, 15) is 18.9 Å². The van der Waals surface area contributed by atoms with Gasteiger partial charge in [0.05, 0.1) is 0 Å². The van der Waals surface area contributed by atoms with E-state index in [1.54, 1.807) is 0 Å². The summed E-state index contributed by atoms with van der Waals surface area (Å²) in [6, 6.07) is 0. The molecule has 0 radical (unpaired) electrons. The van der Waals surface area contributed by atoms with Gasteiger partial charge in [0.2, 0.25) is 0 Å². The van der Waals surface area contributed by atoms with E-state index in [4.69, 9.17) is 5.26 Å². The highest BCUT2D eigenvalue weighted by molar-refractivity contribution is 7.59. The monoisotopic (exact) mass is 206 g/mol. The van der Waals surface area contributed by atoms with Gasteiger partial charge in [0.25, 0.3) is 7.82 Å². The number of phosphoric ester groups is 1. The molecule has 0 spiro atoms. The zero-order chi connectivity index (χ0) is 9.12. The maximum Gasteiger partial charge on any atom is 0.304 e. The molecular formula is CH4O8P2-2. The summed E-state index contributed by atoms with van der Waals surface area (Å²) in [5.41, 5.74) is 0. The van der Waals surface area contributed by atoms with Gasteiger partial charge in [-0.2, -0.15) is 4.67 Å².